The van der Waals surface area contributed by atoms with E-state index in [4.69, 9.17) is 4.74 Å². The molecule has 0 aliphatic carbocycles. The SMILES string of the molecule is Cc1cc(CCNC(=O)c2ccncc2)ccc1OC(C)C. The highest BCUT2D eigenvalue weighted by molar-refractivity contribution is 5.93. The van der Waals surface area contributed by atoms with Gasteiger partial charge in [-0.15, -0.1) is 0 Å². The predicted octanol–water partition coefficient (Wildman–Crippen LogP) is 3.15. The molecule has 22 heavy (non-hydrogen) atoms. The van der Waals surface area contributed by atoms with Gasteiger partial charge in [-0.2, -0.15) is 0 Å². The Hall–Kier alpha value is -2.36. The van der Waals surface area contributed by atoms with Crippen molar-refractivity contribution >= 4 is 5.91 Å². The Morgan fingerprint density at radius 2 is 1.95 bits per heavy atom. The van der Waals surface area contributed by atoms with Gasteiger partial charge in [0, 0.05) is 24.5 Å². The molecule has 2 rings (SSSR count). The molecule has 116 valence electrons. The van der Waals surface area contributed by atoms with Crippen LogP contribution in [0.15, 0.2) is 42.7 Å². The van der Waals surface area contributed by atoms with Crippen LogP contribution in [0.2, 0.25) is 0 Å². The van der Waals surface area contributed by atoms with E-state index in [1.165, 1.54) is 5.56 Å². The number of rotatable bonds is 6. The Bertz CT molecular complexity index is 624. The summed E-state index contributed by atoms with van der Waals surface area (Å²) >= 11 is 0. The number of amides is 1. The number of pyridine rings is 1. The first kappa shape index (κ1) is 16.0. The van der Waals surface area contributed by atoms with Gasteiger partial charge in [-0.3, -0.25) is 9.78 Å². The van der Waals surface area contributed by atoms with Crippen molar-refractivity contribution in [2.24, 2.45) is 0 Å². The van der Waals surface area contributed by atoms with E-state index in [1.54, 1.807) is 24.5 Å². The summed E-state index contributed by atoms with van der Waals surface area (Å²) in [6.45, 7) is 6.67. The molecule has 1 amide bonds. The van der Waals surface area contributed by atoms with Gasteiger partial charge in [-0.05, 0) is 56.5 Å². The van der Waals surface area contributed by atoms with Crippen LogP contribution in [0.5, 0.6) is 5.75 Å². The average Bonchev–Trinajstić information content (AvgIpc) is 2.50. The van der Waals surface area contributed by atoms with Gasteiger partial charge in [0.05, 0.1) is 6.10 Å². The van der Waals surface area contributed by atoms with Gasteiger partial charge in [-0.25, -0.2) is 0 Å². The van der Waals surface area contributed by atoms with Crippen molar-refractivity contribution in [3.8, 4) is 5.75 Å². The second-order valence-corrected chi connectivity index (χ2v) is 5.51. The maximum atomic E-state index is 11.9. The first-order chi connectivity index (χ1) is 10.6. The van der Waals surface area contributed by atoms with Gasteiger partial charge in [0.15, 0.2) is 0 Å². The number of carbonyl (C=O) groups excluding carboxylic acids is 1. The smallest absolute Gasteiger partial charge is 0.251 e. The molecule has 4 nitrogen and oxygen atoms in total. The number of hydrogen-bond donors (Lipinski definition) is 1. The van der Waals surface area contributed by atoms with Crippen molar-refractivity contribution in [2.45, 2.75) is 33.3 Å². The molecule has 0 radical (unpaired) electrons. The topological polar surface area (TPSA) is 51.2 Å². The van der Waals surface area contributed by atoms with E-state index < -0.39 is 0 Å². The second kappa shape index (κ2) is 7.59. The average molecular weight is 298 g/mol. The Balaban J connectivity index is 1.87. The van der Waals surface area contributed by atoms with Crippen LogP contribution >= 0.6 is 0 Å². The summed E-state index contributed by atoms with van der Waals surface area (Å²) < 4.78 is 5.72. The molecule has 0 saturated heterocycles. The van der Waals surface area contributed by atoms with Gasteiger partial charge in [0.2, 0.25) is 0 Å². The van der Waals surface area contributed by atoms with Crippen LogP contribution in [0.4, 0.5) is 0 Å². The van der Waals surface area contributed by atoms with E-state index in [0.717, 1.165) is 17.7 Å². The number of carbonyl (C=O) groups is 1. The van der Waals surface area contributed by atoms with Gasteiger partial charge in [0.25, 0.3) is 5.91 Å². The molecule has 0 bridgehead atoms. The van der Waals surface area contributed by atoms with Gasteiger partial charge in [0.1, 0.15) is 5.75 Å². The van der Waals surface area contributed by atoms with Crippen LogP contribution in [-0.2, 0) is 6.42 Å². The quantitative estimate of drug-likeness (QED) is 0.891. The molecular weight excluding hydrogens is 276 g/mol. The number of ether oxygens (including phenoxy) is 1. The zero-order valence-electron chi connectivity index (χ0n) is 13.3. The number of aryl methyl sites for hydroxylation is 1. The summed E-state index contributed by atoms with van der Waals surface area (Å²) in [5.74, 6) is 0.846. The molecule has 0 aliphatic rings. The Labute approximate surface area is 131 Å². The van der Waals surface area contributed by atoms with Crippen LogP contribution in [0, 0.1) is 6.92 Å². The van der Waals surface area contributed by atoms with Crippen LogP contribution in [0.25, 0.3) is 0 Å². The first-order valence-corrected chi connectivity index (χ1v) is 7.50. The van der Waals surface area contributed by atoms with Crippen LogP contribution < -0.4 is 10.1 Å². The van der Waals surface area contributed by atoms with Crippen molar-refractivity contribution in [3.63, 3.8) is 0 Å². The summed E-state index contributed by atoms with van der Waals surface area (Å²) in [4.78, 5) is 15.8. The lowest BCUT2D eigenvalue weighted by molar-refractivity contribution is 0.0954. The Kier molecular flexibility index (Phi) is 5.53. The maximum Gasteiger partial charge on any atom is 0.251 e. The van der Waals surface area contributed by atoms with Gasteiger partial charge >= 0.3 is 0 Å². The summed E-state index contributed by atoms with van der Waals surface area (Å²) in [5.41, 5.74) is 2.93. The van der Waals surface area contributed by atoms with Crippen molar-refractivity contribution < 1.29 is 9.53 Å². The van der Waals surface area contributed by atoms with E-state index in [9.17, 15) is 4.79 Å². The largest absolute Gasteiger partial charge is 0.491 e. The Morgan fingerprint density at radius 3 is 2.59 bits per heavy atom. The highest BCUT2D eigenvalue weighted by Crippen LogP contribution is 2.20. The minimum Gasteiger partial charge on any atom is -0.491 e. The van der Waals surface area contributed by atoms with Crippen molar-refractivity contribution in [1.29, 1.82) is 0 Å². The predicted molar refractivity (Wildman–Crippen MR) is 87.2 cm³/mol. The third-order valence-electron chi connectivity index (χ3n) is 3.24. The molecule has 0 fully saturated rings. The fourth-order valence-corrected chi connectivity index (χ4v) is 2.18. The standard InChI is InChI=1S/C18H22N2O2/c1-13(2)22-17-5-4-15(12-14(17)3)6-11-20-18(21)16-7-9-19-10-8-16/h4-5,7-10,12-13H,6,11H2,1-3H3,(H,20,21). The molecule has 0 spiro atoms. The fourth-order valence-electron chi connectivity index (χ4n) is 2.18. The highest BCUT2D eigenvalue weighted by atomic mass is 16.5. The monoisotopic (exact) mass is 298 g/mol. The molecule has 1 aromatic carbocycles. The van der Waals surface area contributed by atoms with E-state index in [0.29, 0.717) is 12.1 Å². The normalized spacial score (nSPS) is 10.5. The minimum atomic E-state index is -0.0705. The van der Waals surface area contributed by atoms with Crippen molar-refractivity contribution in [1.82, 2.24) is 10.3 Å². The summed E-state index contributed by atoms with van der Waals surface area (Å²) in [6.07, 6.45) is 4.20. The molecule has 0 aliphatic heterocycles. The third kappa shape index (κ3) is 4.58. The number of nitrogens with one attached hydrogen (secondary N) is 1. The lowest BCUT2D eigenvalue weighted by Gasteiger charge is -2.13. The highest BCUT2D eigenvalue weighted by Gasteiger charge is 2.06. The number of hydrogen-bond acceptors (Lipinski definition) is 3. The minimum absolute atomic E-state index is 0.0705. The maximum absolute atomic E-state index is 11.9. The van der Waals surface area contributed by atoms with Crippen molar-refractivity contribution in [3.05, 3.63) is 59.4 Å². The molecular formula is C18H22N2O2. The van der Waals surface area contributed by atoms with E-state index in [1.807, 2.05) is 32.9 Å². The summed E-state index contributed by atoms with van der Waals surface area (Å²) in [5, 5.41) is 2.92. The number of benzene rings is 1. The van der Waals surface area contributed by atoms with E-state index in [2.05, 4.69) is 16.4 Å². The molecule has 2 aromatic rings. The Morgan fingerprint density at radius 1 is 1.23 bits per heavy atom. The van der Waals surface area contributed by atoms with Gasteiger partial charge in [-0.1, -0.05) is 12.1 Å². The molecule has 1 heterocycles. The molecule has 0 saturated carbocycles. The lowest BCUT2D eigenvalue weighted by atomic mass is 10.1. The molecule has 0 unspecified atom stereocenters. The van der Waals surface area contributed by atoms with Gasteiger partial charge < -0.3 is 10.1 Å². The van der Waals surface area contributed by atoms with Crippen LogP contribution in [0.1, 0.15) is 35.3 Å². The molecule has 1 aromatic heterocycles. The molecule has 1 N–H and O–H groups in total. The summed E-state index contributed by atoms with van der Waals surface area (Å²) in [6, 6.07) is 9.56. The van der Waals surface area contributed by atoms with Crippen molar-refractivity contribution in [2.75, 3.05) is 6.54 Å². The molecule has 0 atom stereocenters. The fraction of sp³-hybridized carbons (Fsp3) is 0.333. The number of nitrogens with zero attached hydrogens (tertiary/aromatic N) is 1. The third-order valence-corrected chi connectivity index (χ3v) is 3.24. The van der Waals surface area contributed by atoms with Crippen LogP contribution in [0.3, 0.4) is 0 Å². The second-order valence-electron chi connectivity index (χ2n) is 5.51. The lowest BCUT2D eigenvalue weighted by Crippen LogP contribution is -2.25. The summed E-state index contributed by atoms with van der Waals surface area (Å²) in [7, 11) is 0. The van der Waals surface area contributed by atoms with Crippen LogP contribution in [-0.4, -0.2) is 23.5 Å². The number of aromatic nitrogens is 1. The zero-order chi connectivity index (χ0) is 15.9. The van der Waals surface area contributed by atoms with E-state index >= 15 is 0 Å². The first-order valence-electron chi connectivity index (χ1n) is 7.50. The molecule has 4 heteroatoms. The zero-order valence-corrected chi connectivity index (χ0v) is 13.3. The van der Waals surface area contributed by atoms with E-state index in [-0.39, 0.29) is 12.0 Å².